The van der Waals surface area contributed by atoms with Crippen molar-refractivity contribution in [2.75, 3.05) is 45.8 Å². The van der Waals surface area contributed by atoms with Crippen LogP contribution in [0.1, 0.15) is 44.1 Å². The average molecular weight is 449 g/mol. The Morgan fingerprint density at radius 2 is 1.81 bits per heavy atom. The Kier molecular flexibility index (Phi) is 7.73. The molecule has 4 rings (SSSR count). The largest absolute Gasteiger partial charge is 0.353 e. The number of hydrogen-bond acceptors (Lipinski definition) is 4. The highest BCUT2D eigenvalue weighted by Crippen LogP contribution is 2.24. The lowest BCUT2D eigenvalue weighted by Crippen LogP contribution is -2.56. The minimum atomic E-state index is -0.899. The summed E-state index contributed by atoms with van der Waals surface area (Å²) < 4.78 is 27.8. The molecule has 1 aromatic carbocycles. The van der Waals surface area contributed by atoms with Crippen LogP contribution in [0, 0.1) is 17.6 Å². The Morgan fingerprint density at radius 1 is 1.06 bits per heavy atom. The zero-order valence-corrected chi connectivity index (χ0v) is 18.7. The molecule has 0 aliphatic carbocycles. The molecule has 1 aromatic rings. The van der Waals surface area contributed by atoms with Crippen molar-refractivity contribution in [1.82, 2.24) is 20.0 Å². The van der Waals surface area contributed by atoms with E-state index < -0.39 is 17.7 Å². The van der Waals surface area contributed by atoms with Crippen molar-refractivity contribution in [2.24, 2.45) is 5.92 Å². The van der Waals surface area contributed by atoms with Gasteiger partial charge in [0.25, 0.3) is 0 Å². The van der Waals surface area contributed by atoms with Crippen LogP contribution in [0.25, 0.3) is 0 Å². The Bertz CT molecular complexity index is 807. The third-order valence-electron chi connectivity index (χ3n) is 7.23. The van der Waals surface area contributed by atoms with Gasteiger partial charge in [0.05, 0.1) is 12.5 Å². The van der Waals surface area contributed by atoms with Crippen LogP contribution in [0.3, 0.4) is 0 Å². The molecule has 32 heavy (non-hydrogen) atoms. The van der Waals surface area contributed by atoms with E-state index in [1.54, 1.807) is 4.90 Å². The summed E-state index contributed by atoms with van der Waals surface area (Å²) in [5, 5.41) is 2.81. The van der Waals surface area contributed by atoms with Crippen molar-refractivity contribution in [3.63, 3.8) is 0 Å². The molecule has 1 atom stereocenters. The summed E-state index contributed by atoms with van der Waals surface area (Å²) in [6.45, 7) is 6.10. The second kappa shape index (κ2) is 10.7. The second-order valence-electron chi connectivity index (χ2n) is 9.36. The molecule has 0 bridgehead atoms. The Labute approximate surface area is 188 Å². The van der Waals surface area contributed by atoms with Gasteiger partial charge in [0, 0.05) is 38.3 Å². The second-order valence-corrected chi connectivity index (χ2v) is 9.36. The van der Waals surface area contributed by atoms with Crippen molar-refractivity contribution in [2.45, 2.75) is 51.1 Å². The van der Waals surface area contributed by atoms with Crippen molar-refractivity contribution in [1.29, 1.82) is 0 Å². The summed E-state index contributed by atoms with van der Waals surface area (Å²) >= 11 is 0. The maximum atomic E-state index is 14.2. The highest BCUT2D eigenvalue weighted by molar-refractivity contribution is 5.88. The molecular weight excluding hydrogens is 414 g/mol. The highest BCUT2D eigenvalue weighted by atomic mass is 19.2. The quantitative estimate of drug-likeness (QED) is 0.696. The van der Waals surface area contributed by atoms with Crippen LogP contribution >= 0.6 is 0 Å². The lowest BCUT2D eigenvalue weighted by Gasteiger charge is -2.37. The molecule has 3 saturated heterocycles. The molecule has 0 radical (unpaired) electrons. The summed E-state index contributed by atoms with van der Waals surface area (Å²) in [4.78, 5) is 31.7. The first-order valence-electron chi connectivity index (χ1n) is 12.0. The molecule has 8 heteroatoms. The van der Waals surface area contributed by atoms with Crippen molar-refractivity contribution < 1.29 is 18.4 Å². The van der Waals surface area contributed by atoms with E-state index in [1.165, 1.54) is 44.5 Å². The zero-order valence-electron chi connectivity index (χ0n) is 18.7. The van der Waals surface area contributed by atoms with E-state index in [2.05, 4.69) is 10.2 Å². The predicted octanol–water partition coefficient (Wildman–Crippen LogP) is 2.38. The van der Waals surface area contributed by atoms with Gasteiger partial charge in [0.2, 0.25) is 11.8 Å². The maximum Gasteiger partial charge on any atom is 0.237 e. The van der Waals surface area contributed by atoms with Gasteiger partial charge in [-0.25, -0.2) is 8.78 Å². The van der Waals surface area contributed by atoms with E-state index in [4.69, 9.17) is 0 Å². The van der Waals surface area contributed by atoms with Crippen LogP contribution in [-0.2, 0) is 16.1 Å². The topological polar surface area (TPSA) is 55.9 Å². The molecule has 2 amide bonds. The zero-order chi connectivity index (χ0) is 22.5. The van der Waals surface area contributed by atoms with E-state index >= 15 is 0 Å². The lowest BCUT2D eigenvalue weighted by molar-refractivity contribution is -0.140. The average Bonchev–Trinajstić information content (AvgIpc) is 3.32. The first-order valence-corrected chi connectivity index (χ1v) is 12.0. The van der Waals surface area contributed by atoms with Gasteiger partial charge >= 0.3 is 0 Å². The van der Waals surface area contributed by atoms with Gasteiger partial charge in [-0.2, -0.15) is 0 Å². The number of amides is 2. The smallest absolute Gasteiger partial charge is 0.237 e. The number of hydrogen-bond donors (Lipinski definition) is 1. The number of piperazine rings is 1. The standard InChI is InChI=1S/C24H34F2N4O2/c25-20-5-3-4-19(23(20)26)17-30-15-9-27-24(32)21(30)16-22(31)29-13-7-18(8-14-29)6-12-28-10-1-2-11-28/h3-5,18,21H,1-2,6-17H2,(H,27,32). The minimum absolute atomic E-state index is 0.0326. The molecule has 1 N–H and O–H groups in total. The molecule has 176 valence electrons. The van der Waals surface area contributed by atoms with Crippen LogP contribution in [0.15, 0.2) is 18.2 Å². The van der Waals surface area contributed by atoms with Crippen LogP contribution < -0.4 is 5.32 Å². The number of nitrogens with one attached hydrogen (secondary N) is 1. The normalized spacial score (nSPS) is 23.5. The monoisotopic (exact) mass is 448 g/mol. The number of carbonyl (C=O) groups excluding carboxylic acids is 2. The van der Waals surface area contributed by atoms with Gasteiger partial charge in [-0.05, 0) is 63.7 Å². The Morgan fingerprint density at radius 3 is 2.56 bits per heavy atom. The van der Waals surface area contributed by atoms with E-state index in [0.29, 0.717) is 19.0 Å². The summed E-state index contributed by atoms with van der Waals surface area (Å²) in [7, 11) is 0. The molecule has 1 unspecified atom stereocenters. The molecule has 3 fully saturated rings. The van der Waals surface area contributed by atoms with E-state index in [-0.39, 0.29) is 30.3 Å². The summed E-state index contributed by atoms with van der Waals surface area (Å²) in [6, 6.07) is 3.41. The number of likely N-dealkylation sites (tertiary alicyclic amines) is 2. The lowest BCUT2D eigenvalue weighted by atomic mass is 9.93. The van der Waals surface area contributed by atoms with Crippen molar-refractivity contribution >= 4 is 11.8 Å². The van der Waals surface area contributed by atoms with Gasteiger partial charge in [-0.3, -0.25) is 14.5 Å². The van der Waals surface area contributed by atoms with Crippen molar-refractivity contribution in [3.8, 4) is 0 Å². The van der Waals surface area contributed by atoms with E-state index in [0.717, 1.165) is 38.5 Å². The fourth-order valence-corrected chi connectivity index (χ4v) is 5.20. The Balaban J connectivity index is 1.29. The minimum Gasteiger partial charge on any atom is -0.353 e. The van der Waals surface area contributed by atoms with E-state index in [1.807, 2.05) is 4.90 Å². The third-order valence-corrected chi connectivity index (χ3v) is 7.23. The first-order chi connectivity index (χ1) is 15.5. The highest BCUT2D eigenvalue weighted by Gasteiger charge is 2.34. The molecule has 6 nitrogen and oxygen atoms in total. The molecule has 3 aliphatic rings. The van der Waals surface area contributed by atoms with Gasteiger partial charge < -0.3 is 15.1 Å². The number of nitrogens with zero attached hydrogens (tertiary/aromatic N) is 3. The first kappa shape index (κ1) is 23.1. The molecule has 0 saturated carbocycles. The number of halogens is 2. The molecule has 3 aliphatic heterocycles. The van der Waals surface area contributed by atoms with Crippen LogP contribution in [0.4, 0.5) is 8.78 Å². The summed E-state index contributed by atoms with van der Waals surface area (Å²) in [5.74, 6) is -1.38. The molecular formula is C24H34F2N4O2. The molecule has 0 spiro atoms. The number of piperidine rings is 1. The van der Waals surface area contributed by atoms with Gasteiger partial charge in [0.1, 0.15) is 0 Å². The van der Waals surface area contributed by atoms with Crippen LogP contribution in [0.2, 0.25) is 0 Å². The Hall–Kier alpha value is -2.06. The fourth-order valence-electron chi connectivity index (χ4n) is 5.20. The number of carbonyl (C=O) groups is 2. The maximum absolute atomic E-state index is 14.2. The van der Waals surface area contributed by atoms with Gasteiger partial charge in [-0.1, -0.05) is 12.1 Å². The molecule has 3 heterocycles. The van der Waals surface area contributed by atoms with Crippen molar-refractivity contribution in [3.05, 3.63) is 35.4 Å². The van der Waals surface area contributed by atoms with Gasteiger partial charge in [-0.15, -0.1) is 0 Å². The summed E-state index contributed by atoms with van der Waals surface area (Å²) in [6.07, 6.45) is 5.90. The van der Waals surface area contributed by atoms with Gasteiger partial charge in [0.15, 0.2) is 11.6 Å². The SMILES string of the molecule is O=C1NCCN(Cc2cccc(F)c2F)C1CC(=O)N1CCC(CCN2CCCC2)CC1. The third kappa shape index (κ3) is 5.64. The fraction of sp³-hybridized carbons (Fsp3) is 0.667. The molecule has 0 aromatic heterocycles. The summed E-state index contributed by atoms with van der Waals surface area (Å²) in [5.41, 5.74) is 0.205. The van der Waals surface area contributed by atoms with E-state index in [9.17, 15) is 18.4 Å². The predicted molar refractivity (Wildman–Crippen MR) is 118 cm³/mol. The van der Waals surface area contributed by atoms with Crippen LogP contribution in [0.5, 0.6) is 0 Å². The number of benzene rings is 1. The number of rotatable bonds is 7. The van der Waals surface area contributed by atoms with Crippen LogP contribution in [-0.4, -0.2) is 78.4 Å².